The summed E-state index contributed by atoms with van der Waals surface area (Å²) in [6, 6.07) is 12.7. The second-order valence-electron chi connectivity index (χ2n) is 7.56. The predicted octanol–water partition coefficient (Wildman–Crippen LogP) is 3.98. The summed E-state index contributed by atoms with van der Waals surface area (Å²) in [7, 11) is 0. The zero-order valence-electron chi connectivity index (χ0n) is 16.1. The minimum absolute atomic E-state index is 0.0319. The highest BCUT2D eigenvalue weighted by Crippen LogP contribution is 2.37. The zero-order valence-corrected chi connectivity index (χ0v) is 16.1. The van der Waals surface area contributed by atoms with E-state index in [9.17, 15) is 32.6 Å². The molecular weight excluding hydrogens is 402 g/mol. The number of carbonyl (C=O) groups excluding carboxylic acids is 1. The summed E-state index contributed by atoms with van der Waals surface area (Å²) in [5.41, 5.74) is -1.82. The topological polar surface area (TPSA) is 60.8 Å². The molecule has 2 aromatic carbocycles. The van der Waals surface area contributed by atoms with Gasteiger partial charge in [0.25, 0.3) is 0 Å². The number of likely N-dealkylation sites (tertiary alicyclic amines) is 1. The van der Waals surface area contributed by atoms with Crippen LogP contribution in [0.3, 0.4) is 0 Å². The van der Waals surface area contributed by atoms with Crippen LogP contribution in [-0.2, 0) is 16.6 Å². The van der Waals surface area contributed by atoms with Crippen molar-refractivity contribution in [2.45, 2.75) is 43.4 Å². The lowest BCUT2D eigenvalue weighted by atomic mass is 9.83. The molecule has 4 nitrogen and oxygen atoms in total. The predicted molar refractivity (Wildman–Crippen MR) is 102 cm³/mol. The Morgan fingerprint density at radius 3 is 2.30 bits per heavy atom. The number of ketones is 1. The molecule has 162 valence electrons. The lowest BCUT2D eigenvalue weighted by molar-refractivity contribution is -0.137. The quantitative estimate of drug-likeness (QED) is 0.543. The van der Waals surface area contributed by atoms with Gasteiger partial charge in [0, 0.05) is 13.1 Å². The summed E-state index contributed by atoms with van der Waals surface area (Å²) >= 11 is 0. The molecule has 2 atom stereocenters. The third kappa shape index (κ3) is 5.06. The summed E-state index contributed by atoms with van der Waals surface area (Å²) in [5, 5.41) is 20.9. The highest BCUT2D eigenvalue weighted by Gasteiger charge is 2.39. The second kappa shape index (κ2) is 8.83. The van der Waals surface area contributed by atoms with Gasteiger partial charge >= 0.3 is 6.18 Å². The van der Waals surface area contributed by atoms with E-state index in [1.165, 1.54) is 17.0 Å². The SMILES string of the molecule is O=C(CC(F)N1CCC(O)(c2cccc(C(F)(F)F)c2)CC1)C(O)c1ccccc1. The van der Waals surface area contributed by atoms with Crippen LogP contribution in [0.1, 0.15) is 42.1 Å². The van der Waals surface area contributed by atoms with Gasteiger partial charge in [0.2, 0.25) is 0 Å². The molecule has 1 saturated heterocycles. The number of aliphatic hydroxyl groups is 2. The van der Waals surface area contributed by atoms with E-state index in [0.29, 0.717) is 5.56 Å². The first kappa shape index (κ1) is 22.4. The molecule has 1 heterocycles. The standard InChI is InChI=1S/C22H23F4NO3/c23-19(14-18(28)20(29)15-5-2-1-3-6-15)27-11-9-21(30,10-12-27)16-7-4-8-17(13-16)22(24,25)26/h1-8,13,19-20,29-30H,9-12,14H2. The lowest BCUT2D eigenvalue weighted by Gasteiger charge is -2.39. The fourth-order valence-electron chi connectivity index (χ4n) is 3.68. The van der Waals surface area contributed by atoms with Crippen LogP contribution in [0.5, 0.6) is 0 Å². The Morgan fingerprint density at radius 1 is 1.07 bits per heavy atom. The molecule has 0 spiro atoms. The number of Topliss-reactive ketones (excluding diaryl/α,β-unsaturated/α-hetero) is 1. The Morgan fingerprint density at radius 2 is 1.70 bits per heavy atom. The van der Waals surface area contributed by atoms with Crippen molar-refractivity contribution >= 4 is 5.78 Å². The molecule has 0 aliphatic carbocycles. The van der Waals surface area contributed by atoms with Crippen molar-refractivity contribution in [3.05, 3.63) is 71.3 Å². The van der Waals surface area contributed by atoms with Crippen LogP contribution in [-0.4, -0.2) is 40.3 Å². The lowest BCUT2D eigenvalue weighted by Crippen LogP contribution is -2.46. The molecule has 0 amide bonds. The summed E-state index contributed by atoms with van der Waals surface area (Å²) in [6.07, 6.45) is -8.04. The highest BCUT2D eigenvalue weighted by atomic mass is 19.4. The van der Waals surface area contributed by atoms with Gasteiger partial charge in [-0.1, -0.05) is 42.5 Å². The molecule has 0 bridgehead atoms. The number of hydrogen-bond donors (Lipinski definition) is 2. The van der Waals surface area contributed by atoms with Crippen molar-refractivity contribution in [3.8, 4) is 0 Å². The van der Waals surface area contributed by atoms with E-state index in [-0.39, 0.29) is 31.5 Å². The summed E-state index contributed by atoms with van der Waals surface area (Å²) in [6.45, 7) is 0.144. The number of rotatable bonds is 6. The monoisotopic (exact) mass is 425 g/mol. The smallest absolute Gasteiger partial charge is 0.385 e. The van der Waals surface area contributed by atoms with Gasteiger partial charge in [-0.15, -0.1) is 0 Å². The molecule has 8 heteroatoms. The highest BCUT2D eigenvalue weighted by molar-refractivity contribution is 5.84. The van der Waals surface area contributed by atoms with Crippen LogP contribution in [0.4, 0.5) is 17.6 Å². The van der Waals surface area contributed by atoms with E-state index in [4.69, 9.17) is 0 Å². The molecule has 1 fully saturated rings. The van der Waals surface area contributed by atoms with Gasteiger partial charge in [-0.3, -0.25) is 9.69 Å². The maximum Gasteiger partial charge on any atom is 0.416 e. The summed E-state index contributed by atoms with van der Waals surface area (Å²) in [4.78, 5) is 13.6. The van der Waals surface area contributed by atoms with Crippen LogP contribution < -0.4 is 0 Å². The first-order valence-corrected chi connectivity index (χ1v) is 9.64. The minimum Gasteiger partial charge on any atom is -0.385 e. The first-order chi connectivity index (χ1) is 14.1. The third-order valence-corrected chi connectivity index (χ3v) is 5.54. The number of piperidine rings is 1. The molecule has 0 saturated carbocycles. The van der Waals surface area contributed by atoms with Crippen LogP contribution in [0.2, 0.25) is 0 Å². The zero-order chi connectivity index (χ0) is 21.9. The van der Waals surface area contributed by atoms with E-state index in [2.05, 4.69) is 0 Å². The van der Waals surface area contributed by atoms with Crippen molar-refractivity contribution in [1.82, 2.24) is 4.90 Å². The van der Waals surface area contributed by atoms with Crippen LogP contribution in [0.25, 0.3) is 0 Å². The van der Waals surface area contributed by atoms with Crippen molar-refractivity contribution in [2.24, 2.45) is 0 Å². The average molecular weight is 425 g/mol. The van der Waals surface area contributed by atoms with Crippen LogP contribution in [0.15, 0.2) is 54.6 Å². The molecule has 3 rings (SSSR count). The normalized spacial score (nSPS) is 19.3. The Bertz CT molecular complexity index is 864. The average Bonchev–Trinajstić information content (AvgIpc) is 2.73. The largest absolute Gasteiger partial charge is 0.416 e. The van der Waals surface area contributed by atoms with Gasteiger partial charge in [0.05, 0.1) is 17.6 Å². The Hall–Kier alpha value is -2.29. The Labute approximate surface area is 171 Å². The number of alkyl halides is 4. The van der Waals surface area contributed by atoms with Gasteiger partial charge in [-0.05, 0) is 36.1 Å². The molecule has 2 N–H and O–H groups in total. The van der Waals surface area contributed by atoms with Gasteiger partial charge in [-0.2, -0.15) is 13.2 Å². The van der Waals surface area contributed by atoms with E-state index < -0.39 is 41.9 Å². The Kier molecular flexibility index (Phi) is 6.59. The minimum atomic E-state index is -4.52. The number of aliphatic hydroxyl groups excluding tert-OH is 1. The molecule has 0 aromatic heterocycles. The molecule has 1 aliphatic rings. The van der Waals surface area contributed by atoms with Crippen molar-refractivity contribution in [1.29, 1.82) is 0 Å². The molecule has 1 aliphatic heterocycles. The molecule has 2 unspecified atom stereocenters. The number of halogens is 4. The van der Waals surface area contributed by atoms with E-state index in [0.717, 1.165) is 12.1 Å². The number of nitrogens with zero attached hydrogens (tertiary/aromatic N) is 1. The maximum absolute atomic E-state index is 14.7. The Balaban J connectivity index is 1.60. The molecule has 30 heavy (non-hydrogen) atoms. The number of benzene rings is 2. The van der Waals surface area contributed by atoms with Crippen molar-refractivity contribution in [3.63, 3.8) is 0 Å². The second-order valence-corrected chi connectivity index (χ2v) is 7.56. The number of hydrogen-bond acceptors (Lipinski definition) is 4. The van der Waals surface area contributed by atoms with Crippen LogP contribution in [0, 0.1) is 0 Å². The van der Waals surface area contributed by atoms with E-state index in [1.807, 2.05) is 0 Å². The van der Waals surface area contributed by atoms with Crippen molar-refractivity contribution < 1.29 is 32.6 Å². The third-order valence-electron chi connectivity index (χ3n) is 5.54. The summed E-state index contributed by atoms with van der Waals surface area (Å²) < 4.78 is 53.5. The fourth-order valence-corrected chi connectivity index (χ4v) is 3.68. The molecule has 2 aromatic rings. The van der Waals surface area contributed by atoms with Crippen LogP contribution >= 0.6 is 0 Å². The fraction of sp³-hybridized carbons (Fsp3) is 0.409. The maximum atomic E-state index is 14.7. The van der Waals surface area contributed by atoms with E-state index in [1.54, 1.807) is 30.3 Å². The van der Waals surface area contributed by atoms with Gasteiger partial charge in [0.1, 0.15) is 6.10 Å². The summed E-state index contributed by atoms with van der Waals surface area (Å²) in [5.74, 6) is -0.660. The van der Waals surface area contributed by atoms with Gasteiger partial charge in [0.15, 0.2) is 12.1 Å². The molecule has 0 radical (unpaired) electrons. The van der Waals surface area contributed by atoms with Gasteiger partial charge in [-0.25, -0.2) is 4.39 Å². The molecular formula is C22H23F4NO3. The van der Waals surface area contributed by atoms with Gasteiger partial charge < -0.3 is 10.2 Å². The number of carbonyl (C=O) groups is 1. The van der Waals surface area contributed by atoms with Crippen molar-refractivity contribution in [2.75, 3.05) is 13.1 Å². The first-order valence-electron chi connectivity index (χ1n) is 9.64. The van der Waals surface area contributed by atoms with E-state index >= 15 is 0 Å².